The number of carbonyl (C=O) groups is 1. The summed E-state index contributed by atoms with van der Waals surface area (Å²) in [6.45, 7) is 4.62. The molecule has 138 valence electrons. The molecule has 2 aromatic rings. The van der Waals surface area contributed by atoms with Crippen LogP contribution in [0.25, 0.3) is 0 Å². The Kier molecular flexibility index (Phi) is 6.17. The molecule has 3 rings (SSSR count). The summed E-state index contributed by atoms with van der Waals surface area (Å²) in [5.41, 5.74) is 0.732. The maximum absolute atomic E-state index is 13.8. The highest BCUT2D eigenvalue weighted by Gasteiger charge is 2.19. The van der Waals surface area contributed by atoms with Gasteiger partial charge in [-0.3, -0.25) is 9.69 Å². The van der Waals surface area contributed by atoms with E-state index in [1.807, 2.05) is 12.1 Å². The van der Waals surface area contributed by atoms with E-state index in [1.54, 1.807) is 18.2 Å². The van der Waals surface area contributed by atoms with E-state index in [-0.39, 0.29) is 17.3 Å². The number of hydrogen-bond donors (Lipinski definition) is 1. The molecule has 2 aromatic carbocycles. The predicted octanol–water partition coefficient (Wildman–Crippen LogP) is 2.91. The van der Waals surface area contributed by atoms with Gasteiger partial charge in [0.05, 0.1) is 11.3 Å². The zero-order valence-corrected chi connectivity index (χ0v) is 14.6. The van der Waals surface area contributed by atoms with Crippen LogP contribution >= 0.6 is 0 Å². The maximum Gasteiger partial charge on any atom is 0.254 e. The predicted molar refractivity (Wildman–Crippen MR) is 98.4 cm³/mol. The monoisotopic (exact) mass is 359 g/mol. The summed E-state index contributed by atoms with van der Waals surface area (Å²) in [7, 11) is 0. The maximum atomic E-state index is 13.8. The molecule has 6 heteroatoms. The number of para-hydroxylation sites is 1. The van der Waals surface area contributed by atoms with E-state index in [0.717, 1.165) is 39.1 Å². The van der Waals surface area contributed by atoms with Crippen molar-refractivity contribution in [2.24, 2.45) is 0 Å². The SMILES string of the molecule is O=C(NCCCN1CCN(c2ccccc2F)CC1)c1ccccc1F. The van der Waals surface area contributed by atoms with Gasteiger partial charge in [0.25, 0.3) is 5.91 Å². The summed E-state index contributed by atoms with van der Waals surface area (Å²) in [6, 6.07) is 12.8. The van der Waals surface area contributed by atoms with E-state index in [1.165, 1.54) is 18.2 Å². The average molecular weight is 359 g/mol. The van der Waals surface area contributed by atoms with Crippen LogP contribution in [0.1, 0.15) is 16.8 Å². The molecular weight excluding hydrogens is 336 g/mol. The lowest BCUT2D eigenvalue weighted by atomic mass is 10.2. The molecule has 1 amide bonds. The van der Waals surface area contributed by atoms with E-state index >= 15 is 0 Å². The first-order valence-electron chi connectivity index (χ1n) is 8.90. The Hall–Kier alpha value is -2.47. The number of anilines is 1. The van der Waals surface area contributed by atoms with Crippen molar-refractivity contribution in [2.45, 2.75) is 6.42 Å². The van der Waals surface area contributed by atoms with E-state index in [9.17, 15) is 13.6 Å². The molecule has 1 N–H and O–H groups in total. The van der Waals surface area contributed by atoms with Crippen molar-refractivity contribution in [1.82, 2.24) is 10.2 Å². The number of nitrogens with one attached hydrogen (secondary N) is 1. The molecule has 0 spiro atoms. The number of benzene rings is 2. The standard InChI is InChI=1S/C20H23F2N3O/c21-17-7-2-1-6-16(17)20(26)23-10-5-11-24-12-14-25(15-13-24)19-9-4-3-8-18(19)22/h1-4,6-9H,5,10-15H2,(H,23,26). The number of amides is 1. The Labute approximate surface area is 152 Å². The van der Waals surface area contributed by atoms with Gasteiger partial charge in [0.1, 0.15) is 11.6 Å². The molecule has 4 nitrogen and oxygen atoms in total. The van der Waals surface area contributed by atoms with Crippen molar-refractivity contribution >= 4 is 11.6 Å². The molecule has 0 radical (unpaired) electrons. The first-order chi connectivity index (χ1) is 12.6. The van der Waals surface area contributed by atoms with Gasteiger partial charge in [0.15, 0.2) is 0 Å². The third-order valence-corrected chi connectivity index (χ3v) is 4.62. The Morgan fingerprint density at radius 3 is 2.27 bits per heavy atom. The van der Waals surface area contributed by atoms with Gasteiger partial charge in [-0.25, -0.2) is 8.78 Å². The van der Waals surface area contributed by atoms with Crippen molar-refractivity contribution < 1.29 is 13.6 Å². The minimum absolute atomic E-state index is 0.0750. The smallest absolute Gasteiger partial charge is 0.254 e. The normalized spacial score (nSPS) is 15.1. The van der Waals surface area contributed by atoms with Gasteiger partial charge in [-0.05, 0) is 37.2 Å². The number of rotatable bonds is 6. The highest BCUT2D eigenvalue weighted by atomic mass is 19.1. The second-order valence-electron chi connectivity index (χ2n) is 6.37. The van der Waals surface area contributed by atoms with Gasteiger partial charge in [0.2, 0.25) is 0 Å². The second kappa shape index (κ2) is 8.76. The fraction of sp³-hybridized carbons (Fsp3) is 0.350. The Morgan fingerprint density at radius 1 is 0.923 bits per heavy atom. The molecule has 0 aromatic heterocycles. The summed E-state index contributed by atoms with van der Waals surface area (Å²) < 4.78 is 27.4. The van der Waals surface area contributed by atoms with E-state index in [2.05, 4.69) is 15.1 Å². The van der Waals surface area contributed by atoms with Crippen LogP contribution in [-0.4, -0.2) is 50.1 Å². The first kappa shape index (κ1) is 18.3. The zero-order valence-electron chi connectivity index (χ0n) is 14.6. The minimum atomic E-state index is -0.505. The lowest BCUT2D eigenvalue weighted by Gasteiger charge is -2.36. The van der Waals surface area contributed by atoms with Crippen molar-refractivity contribution in [3.63, 3.8) is 0 Å². The summed E-state index contributed by atoms with van der Waals surface area (Å²) in [4.78, 5) is 16.3. The number of piperazine rings is 1. The number of nitrogens with zero attached hydrogens (tertiary/aromatic N) is 2. The largest absolute Gasteiger partial charge is 0.367 e. The molecule has 1 saturated heterocycles. The van der Waals surface area contributed by atoms with Gasteiger partial charge < -0.3 is 10.2 Å². The minimum Gasteiger partial charge on any atom is -0.367 e. The highest BCUT2D eigenvalue weighted by molar-refractivity contribution is 5.94. The molecule has 0 atom stereocenters. The van der Waals surface area contributed by atoms with Crippen LogP contribution in [0, 0.1) is 11.6 Å². The van der Waals surface area contributed by atoms with Crippen LogP contribution in [0.4, 0.5) is 14.5 Å². The summed E-state index contributed by atoms with van der Waals surface area (Å²) in [5, 5.41) is 2.76. The molecule has 1 aliphatic rings. The van der Waals surface area contributed by atoms with Crippen molar-refractivity contribution in [3.8, 4) is 0 Å². The van der Waals surface area contributed by atoms with Crippen LogP contribution in [0.5, 0.6) is 0 Å². The lowest BCUT2D eigenvalue weighted by molar-refractivity contribution is 0.0947. The zero-order chi connectivity index (χ0) is 18.4. The number of carbonyl (C=O) groups excluding carboxylic acids is 1. The van der Waals surface area contributed by atoms with Gasteiger partial charge in [-0.1, -0.05) is 24.3 Å². The molecule has 0 saturated carbocycles. The van der Waals surface area contributed by atoms with Crippen LogP contribution < -0.4 is 10.2 Å². The van der Waals surface area contributed by atoms with Crippen LogP contribution in [-0.2, 0) is 0 Å². The summed E-state index contributed by atoms with van der Waals surface area (Å²) >= 11 is 0. The van der Waals surface area contributed by atoms with Crippen molar-refractivity contribution in [1.29, 1.82) is 0 Å². The molecule has 1 fully saturated rings. The van der Waals surface area contributed by atoms with Gasteiger partial charge in [0, 0.05) is 32.7 Å². The fourth-order valence-corrected chi connectivity index (χ4v) is 3.17. The third-order valence-electron chi connectivity index (χ3n) is 4.62. The van der Waals surface area contributed by atoms with Gasteiger partial charge in [-0.15, -0.1) is 0 Å². The van der Waals surface area contributed by atoms with Crippen LogP contribution in [0.3, 0.4) is 0 Å². The Bertz CT molecular complexity index is 745. The molecule has 1 heterocycles. The van der Waals surface area contributed by atoms with Crippen molar-refractivity contribution in [3.05, 3.63) is 65.7 Å². The van der Waals surface area contributed by atoms with Gasteiger partial charge >= 0.3 is 0 Å². The molecule has 0 aliphatic carbocycles. The number of hydrogen-bond acceptors (Lipinski definition) is 3. The number of halogens is 2. The average Bonchev–Trinajstić information content (AvgIpc) is 2.66. The molecule has 0 bridgehead atoms. The second-order valence-corrected chi connectivity index (χ2v) is 6.37. The van der Waals surface area contributed by atoms with Crippen molar-refractivity contribution in [2.75, 3.05) is 44.2 Å². The quantitative estimate of drug-likeness (QED) is 0.806. The Balaban J connectivity index is 1.37. The summed E-state index contributed by atoms with van der Waals surface area (Å²) in [5.74, 6) is -1.07. The lowest BCUT2D eigenvalue weighted by Crippen LogP contribution is -2.47. The summed E-state index contributed by atoms with van der Waals surface area (Å²) in [6.07, 6.45) is 0.792. The van der Waals surface area contributed by atoms with E-state index in [0.29, 0.717) is 12.2 Å². The Morgan fingerprint density at radius 2 is 1.58 bits per heavy atom. The molecular formula is C20H23F2N3O. The first-order valence-corrected chi connectivity index (χ1v) is 8.90. The van der Waals surface area contributed by atoms with E-state index < -0.39 is 5.82 Å². The molecule has 0 unspecified atom stereocenters. The third kappa shape index (κ3) is 4.58. The topological polar surface area (TPSA) is 35.6 Å². The molecule has 1 aliphatic heterocycles. The highest BCUT2D eigenvalue weighted by Crippen LogP contribution is 2.20. The van der Waals surface area contributed by atoms with Crippen LogP contribution in [0.2, 0.25) is 0 Å². The molecule has 26 heavy (non-hydrogen) atoms. The van der Waals surface area contributed by atoms with Gasteiger partial charge in [-0.2, -0.15) is 0 Å². The van der Waals surface area contributed by atoms with E-state index in [4.69, 9.17) is 0 Å². The fourth-order valence-electron chi connectivity index (χ4n) is 3.17. The van der Waals surface area contributed by atoms with Crippen LogP contribution in [0.15, 0.2) is 48.5 Å².